The molecular formula is C17H34N2O2. The monoisotopic (exact) mass is 298 g/mol. The lowest BCUT2D eigenvalue weighted by Crippen LogP contribution is -2.45. The van der Waals surface area contributed by atoms with E-state index in [0.717, 1.165) is 32.5 Å². The third-order valence-electron chi connectivity index (χ3n) is 3.17. The van der Waals surface area contributed by atoms with Gasteiger partial charge in [-0.05, 0) is 20.3 Å². The molecule has 0 fully saturated rings. The zero-order chi connectivity index (χ0) is 17.0. The van der Waals surface area contributed by atoms with Crippen LogP contribution in [0.4, 0.5) is 11.4 Å². The van der Waals surface area contributed by atoms with Crippen molar-refractivity contribution in [3.8, 4) is 0 Å². The van der Waals surface area contributed by atoms with Gasteiger partial charge in [0.15, 0.2) is 0 Å². The summed E-state index contributed by atoms with van der Waals surface area (Å²) in [5, 5.41) is 0. The lowest BCUT2D eigenvalue weighted by atomic mass is 10.1. The van der Waals surface area contributed by atoms with Crippen molar-refractivity contribution in [1.29, 1.82) is 0 Å². The molecule has 0 unspecified atom stereocenters. The normalized spacial score (nSPS) is 9.33. The maximum Gasteiger partial charge on any atom is 0.253 e. The number of rotatable bonds is 7. The molecule has 0 atom stereocenters. The van der Waals surface area contributed by atoms with Crippen LogP contribution in [0.25, 0.3) is 0 Å². The highest BCUT2D eigenvalue weighted by Crippen LogP contribution is 2.23. The summed E-state index contributed by atoms with van der Waals surface area (Å²) >= 11 is 0. The molecule has 0 saturated carbocycles. The fraction of sp³-hybridized carbons (Fsp3) is 0.765. The highest BCUT2D eigenvalue weighted by Gasteiger charge is 2.26. The minimum atomic E-state index is -0.328. The molecule has 0 heterocycles. The molecule has 0 aliphatic rings. The van der Waals surface area contributed by atoms with E-state index in [9.17, 15) is 9.59 Å². The maximum absolute atomic E-state index is 11.6. The van der Waals surface area contributed by atoms with Crippen LogP contribution >= 0.6 is 0 Å². The highest BCUT2D eigenvalue weighted by atomic mass is 16.2. The Labute approximate surface area is 130 Å². The van der Waals surface area contributed by atoms with Crippen LogP contribution in [0.1, 0.15) is 61.3 Å². The second-order valence-electron chi connectivity index (χ2n) is 4.30. The summed E-state index contributed by atoms with van der Waals surface area (Å²) in [5.74, 6) is 0. The van der Waals surface area contributed by atoms with Crippen LogP contribution in [-0.2, 0) is 0 Å². The smallest absolute Gasteiger partial charge is 0.253 e. The summed E-state index contributed by atoms with van der Waals surface area (Å²) in [6, 6.07) is 0. The molecule has 0 amide bonds. The minimum absolute atomic E-state index is 0.327. The van der Waals surface area contributed by atoms with Crippen LogP contribution in [0, 0.1) is 0 Å². The molecule has 124 valence electrons. The summed E-state index contributed by atoms with van der Waals surface area (Å²) in [5.41, 5.74) is 0.559. The summed E-state index contributed by atoms with van der Waals surface area (Å²) in [6.07, 6.45) is 2.12. The summed E-state index contributed by atoms with van der Waals surface area (Å²) < 4.78 is 0. The van der Waals surface area contributed by atoms with Gasteiger partial charge < -0.3 is 9.80 Å². The SMILES string of the molecule is CC.CC.CCCCN(C)c1c(N(CC)CC)c(=O)c1=O. The van der Waals surface area contributed by atoms with Crippen LogP contribution in [-0.4, -0.2) is 26.7 Å². The van der Waals surface area contributed by atoms with Gasteiger partial charge in [-0.2, -0.15) is 0 Å². The van der Waals surface area contributed by atoms with E-state index in [0.29, 0.717) is 11.4 Å². The van der Waals surface area contributed by atoms with Gasteiger partial charge in [-0.1, -0.05) is 41.0 Å². The maximum atomic E-state index is 11.6. The Morgan fingerprint density at radius 3 is 1.62 bits per heavy atom. The van der Waals surface area contributed by atoms with Crippen LogP contribution in [0.15, 0.2) is 9.59 Å². The molecule has 0 radical (unpaired) electrons. The van der Waals surface area contributed by atoms with Crippen molar-refractivity contribution in [2.24, 2.45) is 0 Å². The molecule has 1 aromatic carbocycles. The van der Waals surface area contributed by atoms with Crippen molar-refractivity contribution in [1.82, 2.24) is 0 Å². The molecule has 0 aromatic heterocycles. The van der Waals surface area contributed by atoms with Gasteiger partial charge >= 0.3 is 0 Å². The van der Waals surface area contributed by atoms with E-state index in [-0.39, 0.29) is 10.9 Å². The second-order valence-corrected chi connectivity index (χ2v) is 4.30. The number of hydrogen-bond acceptors (Lipinski definition) is 4. The van der Waals surface area contributed by atoms with Crippen molar-refractivity contribution in [2.75, 3.05) is 36.5 Å². The molecule has 0 aliphatic heterocycles. The molecule has 1 rings (SSSR count). The first kappa shape index (κ1) is 22.0. The average Bonchev–Trinajstić information content (AvgIpc) is 2.56. The zero-order valence-corrected chi connectivity index (χ0v) is 15.2. The summed E-state index contributed by atoms with van der Waals surface area (Å²) in [4.78, 5) is 27.1. The molecule has 0 saturated heterocycles. The first-order valence-electron chi connectivity index (χ1n) is 8.37. The van der Waals surface area contributed by atoms with Gasteiger partial charge in [-0.15, -0.1) is 0 Å². The van der Waals surface area contributed by atoms with Crippen LogP contribution in [0.2, 0.25) is 0 Å². The van der Waals surface area contributed by atoms with Gasteiger partial charge in [-0.25, -0.2) is 0 Å². The third-order valence-corrected chi connectivity index (χ3v) is 3.17. The van der Waals surface area contributed by atoms with E-state index < -0.39 is 0 Å². The van der Waals surface area contributed by atoms with Gasteiger partial charge in [0.25, 0.3) is 10.9 Å². The van der Waals surface area contributed by atoms with Crippen molar-refractivity contribution < 1.29 is 0 Å². The zero-order valence-electron chi connectivity index (χ0n) is 15.2. The highest BCUT2D eigenvalue weighted by molar-refractivity contribution is 5.76. The lowest BCUT2D eigenvalue weighted by Gasteiger charge is -2.29. The standard InChI is InChI=1S/C13H22N2O2.2C2H6/c1-5-8-9-14(4)10-11(13(17)12(10)16)15(6-2)7-3;2*1-2/h5-9H2,1-4H3;2*1-2H3. The Morgan fingerprint density at radius 1 is 0.810 bits per heavy atom. The average molecular weight is 298 g/mol. The molecule has 4 heteroatoms. The Morgan fingerprint density at radius 2 is 1.24 bits per heavy atom. The predicted molar refractivity (Wildman–Crippen MR) is 95.8 cm³/mol. The van der Waals surface area contributed by atoms with E-state index in [2.05, 4.69) is 6.92 Å². The van der Waals surface area contributed by atoms with Crippen molar-refractivity contribution >= 4 is 11.4 Å². The van der Waals surface area contributed by atoms with Crippen LogP contribution in [0.3, 0.4) is 0 Å². The molecule has 0 N–H and O–H groups in total. The third kappa shape index (κ3) is 5.52. The number of unbranched alkanes of at least 4 members (excludes halogenated alkanes) is 1. The van der Waals surface area contributed by atoms with Crippen molar-refractivity contribution in [3.05, 3.63) is 20.4 Å². The van der Waals surface area contributed by atoms with Crippen molar-refractivity contribution in [3.63, 3.8) is 0 Å². The van der Waals surface area contributed by atoms with Crippen LogP contribution in [0.5, 0.6) is 0 Å². The Hall–Kier alpha value is -1.32. The number of nitrogens with zero attached hydrogens (tertiary/aromatic N) is 2. The fourth-order valence-corrected chi connectivity index (χ4v) is 2.06. The van der Waals surface area contributed by atoms with E-state index >= 15 is 0 Å². The molecule has 0 bridgehead atoms. The molecular weight excluding hydrogens is 264 g/mol. The Bertz CT molecular complexity index is 430. The van der Waals surface area contributed by atoms with E-state index in [1.807, 2.05) is 58.4 Å². The van der Waals surface area contributed by atoms with Crippen molar-refractivity contribution in [2.45, 2.75) is 61.3 Å². The van der Waals surface area contributed by atoms with E-state index in [4.69, 9.17) is 0 Å². The van der Waals surface area contributed by atoms with E-state index in [1.165, 1.54) is 0 Å². The lowest BCUT2D eigenvalue weighted by molar-refractivity contribution is 0.756. The Kier molecular flexibility index (Phi) is 13.0. The largest absolute Gasteiger partial charge is 0.370 e. The predicted octanol–water partition coefficient (Wildman–Crippen LogP) is 3.42. The van der Waals surface area contributed by atoms with Gasteiger partial charge in [-0.3, -0.25) is 9.59 Å². The topological polar surface area (TPSA) is 40.6 Å². The summed E-state index contributed by atoms with van der Waals surface area (Å²) in [6.45, 7) is 16.5. The van der Waals surface area contributed by atoms with Gasteiger partial charge in [0.2, 0.25) is 0 Å². The molecule has 1 aromatic rings. The fourth-order valence-electron chi connectivity index (χ4n) is 2.06. The first-order valence-corrected chi connectivity index (χ1v) is 8.37. The molecule has 21 heavy (non-hydrogen) atoms. The van der Waals surface area contributed by atoms with Gasteiger partial charge in [0, 0.05) is 26.7 Å². The molecule has 4 nitrogen and oxygen atoms in total. The van der Waals surface area contributed by atoms with Gasteiger partial charge in [0.1, 0.15) is 11.4 Å². The first-order chi connectivity index (χ1) is 10.1. The number of anilines is 2. The Balaban J connectivity index is 0. The minimum Gasteiger partial charge on any atom is -0.370 e. The number of hydrogen-bond donors (Lipinski definition) is 0. The molecule has 0 spiro atoms. The summed E-state index contributed by atoms with van der Waals surface area (Å²) in [7, 11) is 1.89. The van der Waals surface area contributed by atoms with Gasteiger partial charge in [0.05, 0.1) is 0 Å². The van der Waals surface area contributed by atoms with E-state index in [1.54, 1.807) is 0 Å². The molecule has 0 aliphatic carbocycles. The second kappa shape index (κ2) is 12.4. The quantitative estimate of drug-likeness (QED) is 0.723. The van der Waals surface area contributed by atoms with Crippen LogP contribution < -0.4 is 20.7 Å².